The normalized spacial score (nSPS) is 22.3. The second kappa shape index (κ2) is 9.13. The molecule has 0 N–H and O–H groups in total. The van der Waals surface area contributed by atoms with Crippen molar-refractivity contribution >= 4 is 40.1 Å². The molecule has 0 aromatic heterocycles. The number of aliphatic imine (C=N–C) groups is 1. The van der Waals surface area contributed by atoms with Gasteiger partial charge in [0, 0.05) is 32.9 Å². The van der Waals surface area contributed by atoms with Crippen molar-refractivity contribution in [2.45, 2.75) is 58.3 Å². The van der Waals surface area contributed by atoms with Gasteiger partial charge >= 0.3 is 5.97 Å². The third-order valence-corrected chi connectivity index (χ3v) is 6.03. The summed E-state index contributed by atoms with van der Waals surface area (Å²) in [5, 5.41) is 0. The van der Waals surface area contributed by atoms with Crippen LogP contribution in [0.4, 0.5) is 0 Å². The van der Waals surface area contributed by atoms with E-state index in [4.69, 9.17) is 4.74 Å². The first-order valence-electron chi connectivity index (χ1n) is 9.76. The van der Waals surface area contributed by atoms with Gasteiger partial charge in [-0.05, 0) is 66.5 Å². The van der Waals surface area contributed by atoms with Crippen LogP contribution in [0, 0.1) is 9.49 Å². The quantitative estimate of drug-likeness (QED) is 0.320. The Morgan fingerprint density at radius 2 is 1.96 bits per heavy atom. The van der Waals surface area contributed by atoms with E-state index in [2.05, 4.69) is 34.5 Å². The van der Waals surface area contributed by atoms with Crippen LogP contribution in [0.2, 0.25) is 0 Å². The highest BCUT2D eigenvalue weighted by Gasteiger charge is 2.43. The maximum atomic E-state index is 13.0. The van der Waals surface area contributed by atoms with Crippen LogP contribution in [-0.2, 0) is 14.3 Å². The molecule has 1 aliphatic heterocycles. The van der Waals surface area contributed by atoms with Crippen molar-refractivity contribution in [3.8, 4) is 0 Å². The van der Waals surface area contributed by atoms with E-state index >= 15 is 0 Å². The number of benzene rings is 1. The molecule has 4 nitrogen and oxygen atoms in total. The minimum absolute atomic E-state index is 0.125. The number of carbonyl (C=O) groups excluding carboxylic acids is 2. The van der Waals surface area contributed by atoms with Crippen LogP contribution in [0.3, 0.4) is 0 Å². The molecule has 2 atom stereocenters. The van der Waals surface area contributed by atoms with Crippen LogP contribution < -0.4 is 0 Å². The number of unbranched alkanes of at least 4 members (excludes halogenated alkanes) is 2. The minimum atomic E-state index is -0.521. The molecule has 0 bridgehead atoms. The van der Waals surface area contributed by atoms with Crippen LogP contribution in [0.5, 0.6) is 0 Å². The fourth-order valence-electron chi connectivity index (χ4n) is 3.96. The van der Waals surface area contributed by atoms with Gasteiger partial charge in [-0.25, -0.2) is 0 Å². The Morgan fingerprint density at radius 3 is 2.67 bits per heavy atom. The smallest absolute Gasteiger partial charge is 0.315 e. The highest BCUT2D eigenvalue weighted by atomic mass is 127. The fourth-order valence-corrected chi connectivity index (χ4v) is 4.32. The molecule has 3 rings (SSSR count). The molecular formula is C22H26INO3. The van der Waals surface area contributed by atoms with Crippen LogP contribution in [0.25, 0.3) is 0 Å². The molecule has 0 amide bonds. The van der Waals surface area contributed by atoms with E-state index < -0.39 is 5.92 Å². The Balaban J connectivity index is 1.96. The first-order valence-corrected chi connectivity index (χ1v) is 10.8. The lowest BCUT2D eigenvalue weighted by Gasteiger charge is -2.34. The summed E-state index contributed by atoms with van der Waals surface area (Å²) in [6.45, 7) is 4.44. The van der Waals surface area contributed by atoms with Gasteiger partial charge in [0.2, 0.25) is 0 Å². The average molecular weight is 479 g/mol. The van der Waals surface area contributed by atoms with E-state index in [-0.39, 0.29) is 17.7 Å². The van der Waals surface area contributed by atoms with Gasteiger partial charge < -0.3 is 4.74 Å². The van der Waals surface area contributed by atoms with Gasteiger partial charge in [-0.3, -0.25) is 14.6 Å². The molecule has 0 spiro atoms. The molecule has 1 heterocycles. The van der Waals surface area contributed by atoms with Gasteiger partial charge in [0.05, 0.1) is 6.61 Å². The van der Waals surface area contributed by atoms with Crippen molar-refractivity contribution in [3.63, 3.8) is 0 Å². The predicted octanol–water partition coefficient (Wildman–Crippen LogP) is 5.21. The van der Waals surface area contributed by atoms with Crippen LogP contribution >= 0.6 is 22.6 Å². The molecular weight excluding hydrogens is 453 g/mol. The summed E-state index contributed by atoms with van der Waals surface area (Å²) < 4.78 is 6.71. The molecule has 1 aromatic rings. The summed E-state index contributed by atoms with van der Waals surface area (Å²) in [6, 6.07) is 8.09. The summed E-state index contributed by atoms with van der Waals surface area (Å²) in [6.07, 6.45) is 5.16. The van der Waals surface area contributed by atoms with Crippen LogP contribution in [0.1, 0.15) is 63.9 Å². The van der Waals surface area contributed by atoms with Gasteiger partial charge in [-0.2, -0.15) is 0 Å². The summed E-state index contributed by atoms with van der Waals surface area (Å²) in [4.78, 5) is 30.4. The number of halogens is 1. The standard InChI is InChI=1S/C22H26INO3/c1-3-4-5-13-27-22(26)19-14(2)24-17-7-6-8-18(25)21(17)20(19)15-9-11-16(23)12-10-15/h9-12,19-20H,3-8,13H2,1-2H3/t19?,20-/m1/s1. The highest BCUT2D eigenvalue weighted by Crippen LogP contribution is 2.43. The molecule has 0 saturated heterocycles. The lowest BCUT2D eigenvalue weighted by molar-refractivity contribution is -0.146. The van der Waals surface area contributed by atoms with E-state index in [0.29, 0.717) is 13.0 Å². The van der Waals surface area contributed by atoms with E-state index in [1.54, 1.807) is 0 Å². The van der Waals surface area contributed by atoms with Gasteiger partial charge in [-0.15, -0.1) is 0 Å². The van der Waals surface area contributed by atoms with E-state index in [0.717, 1.165) is 58.2 Å². The van der Waals surface area contributed by atoms with Gasteiger partial charge in [0.15, 0.2) is 5.78 Å². The second-order valence-electron chi connectivity index (χ2n) is 7.27. The SMILES string of the molecule is CCCCCOC(=O)C1C(C)=NC2=C(C(=O)CCC2)[C@@H]1c1ccc(I)cc1. The van der Waals surface area contributed by atoms with Crippen molar-refractivity contribution in [2.24, 2.45) is 10.9 Å². The Bertz CT molecular complexity index is 779. The van der Waals surface area contributed by atoms with Crippen LogP contribution in [0.15, 0.2) is 40.5 Å². The minimum Gasteiger partial charge on any atom is -0.465 e. The molecule has 1 aromatic carbocycles. The van der Waals surface area contributed by atoms with E-state index in [1.807, 2.05) is 31.2 Å². The molecule has 0 fully saturated rings. The van der Waals surface area contributed by atoms with E-state index in [1.165, 1.54) is 0 Å². The molecule has 0 radical (unpaired) electrons. The lowest BCUT2D eigenvalue weighted by Crippen LogP contribution is -2.37. The number of esters is 1. The summed E-state index contributed by atoms with van der Waals surface area (Å²) >= 11 is 2.26. The summed E-state index contributed by atoms with van der Waals surface area (Å²) in [5.41, 5.74) is 3.33. The number of allylic oxidation sites excluding steroid dienone is 2. The molecule has 27 heavy (non-hydrogen) atoms. The first-order chi connectivity index (χ1) is 13.0. The van der Waals surface area contributed by atoms with Gasteiger partial charge in [-0.1, -0.05) is 31.9 Å². The van der Waals surface area contributed by atoms with Crippen molar-refractivity contribution in [1.29, 1.82) is 0 Å². The topological polar surface area (TPSA) is 55.7 Å². The number of hydrogen-bond donors (Lipinski definition) is 0. The molecule has 2 aliphatic rings. The fraction of sp³-hybridized carbons (Fsp3) is 0.500. The molecule has 1 unspecified atom stereocenters. The zero-order valence-corrected chi connectivity index (χ0v) is 18.1. The maximum absolute atomic E-state index is 13.0. The third-order valence-electron chi connectivity index (χ3n) is 5.31. The largest absolute Gasteiger partial charge is 0.465 e. The maximum Gasteiger partial charge on any atom is 0.315 e. The second-order valence-corrected chi connectivity index (χ2v) is 8.52. The van der Waals surface area contributed by atoms with Gasteiger partial charge in [0.1, 0.15) is 5.92 Å². The molecule has 144 valence electrons. The average Bonchev–Trinajstić information content (AvgIpc) is 2.65. The van der Waals surface area contributed by atoms with Gasteiger partial charge in [0.25, 0.3) is 0 Å². The van der Waals surface area contributed by atoms with E-state index in [9.17, 15) is 9.59 Å². The Hall–Kier alpha value is -1.50. The Morgan fingerprint density at radius 1 is 1.22 bits per heavy atom. The Labute approximate surface area is 174 Å². The number of rotatable bonds is 6. The van der Waals surface area contributed by atoms with Crippen LogP contribution in [-0.4, -0.2) is 24.1 Å². The van der Waals surface area contributed by atoms with Crippen molar-refractivity contribution < 1.29 is 14.3 Å². The zero-order chi connectivity index (χ0) is 19.4. The number of carbonyl (C=O) groups is 2. The zero-order valence-electron chi connectivity index (χ0n) is 16.0. The van der Waals surface area contributed by atoms with Crippen molar-refractivity contribution in [2.75, 3.05) is 6.61 Å². The number of ether oxygens (including phenoxy) is 1. The summed E-state index contributed by atoms with van der Waals surface area (Å²) in [7, 11) is 0. The molecule has 0 saturated carbocycles. The molecule has 1 aliphatic carbocycles. The lowest BCUT2D eigenvalue weighted by atomic mass is 9.72. The first kappa shape index (κ1) is 20.2. The predicted molar refractivity (Wildman–Crippen MR) is 115 cm³/mol. The Kier molecular flexibility index (Phi) is 6.84. The highest BCUT2D eigenvalue weighted by molar-refractivity contribution is 14.1. The monoisotopic (exact) mass is 479 g/mol. The number of hydrogen-bond acceptors (Lipinski definition) is 4. The van der Waals surface area contributed by atoms with Crippen molar-refractivity contribution in [3.05, 3.63) is 44.7 Å². The number of Topliss-reactive ketones (excluding diaryl/α,β-unsaturated/α-hetero) is 1. The van der Waals surface area contributed by atoms with Crippen molar-refractivity contribution in [1.82, 2.24) is 0 Å². The molecule has 5 heteroatoms. The third kappa shape index (κ3) is 4.50. The number of ketones is 1. The number of nitrogens with zero attached hydrogens (tertiary/aromatic N) is 1. The summed E-state index contributed by atoms with van der Waals surface area (Å²) in [5.74, 6) is -0.950.